The SMILES string of the molecule is O=C(Cc1ccc(F)cc1)NC1CCN(C(=O)c2ccc(Cl)c(Cl)c2)CC1. The number of halogens is 3. The number of nitrogens with zero attached hydrogens (tertiary/aromatic N) is 1. The van der Waals surface area contributed by atoms with E-state index >= 15 is 0 Å². The Hall–Kier alpha value is -2.11. The van der Waals surface area contributed by atoms with Crippen molar-refractivity contribution >= 4 is 35.0 Å². The highest BCUT2D eigenvalue weighted by Crippen LogP contribution is 2.24. The van der Waals surface area contributed by atoms with Crippen LogP contribution in [-0.4, -0.2) is 35.8 Å². The first-order chi connectivity index (χ1) is 12.9. The predicted molar refractivity (Wildman–Crippen MR) is 104 cm³/mol. The van der Waals surface area contributed by atoms with Gasteiger partial charge in [0.1, 0.15) is 5.82 Å². The Balaban J connectivity index is 1.49. The van der Waals surface area contributed by atoms with E-state index < -0.39 is 0 Å². The molecule has 0 atom stereocenters. The quantitative estimate of drug-likeness (QED) is 0.827. The fraction of sp³-hybridized carbons (Fsp3) is 0.300. The molecule has 0 spiro atoms. The third-order valence-corrected chi connectivity index (χ3v) is 5.33. The first kappa shape index (κ1) is 19.6. The van der Waals surface area contributed by atoms with E-state index in [1.807, 2.05) is 0 Å². The number of rotatable bonds is 4. The number of piperidine rings is 1. The lowest BCUT2D eigenvalue weighted by atomic mass is 10.0. The Labute approximate surface area is 167 Å². The van der Waals surface area contributed by atoms with Crippen LogP contribution in [0.4, 0.5) is 4.39 Å². The van der Waals surface area contributed by atoms with Crippen molar-refractivity contribution in [3.05, 3.63) is 69.5 Å². The number of carbonyl (C=O) groups excluding carboxylic acids is 2. The van der Waals surface area contributed by atoms with Gasteiger partial charge in [0, 0.05) is 24.7 Å². The van der Waals surface area contributed by atoms with Gasteiger partial charge in [0.05, 0.1) is 16.5 Å². The Morgan fingerprint density at radius 1 is 1.04 bits per heavy atom. The Morgan fingerprint density at radius 2 is 1.70 bits per heavy atom. The normalized spacial score (nSPS) is 14.9. The monoisotopic (exact) mass is 408 g/mol. The average Bonchev–Trinajstić information content (AvgIpc) is 2.66. The molecule has 1 aliphatic rings. The maximum absolute atomic E-state index is 12.9. The molecule has 1 fully saturated rings. The fourth-order valence-corrected chi connectivity index (χ4v) is 3.40. The number of amides is 2. The number of hydrogen-bond donors (Lipinski definition) is 1. The zero-order valence-electron chi connectivity index (χ0n) is 14.6. The Kier molecular flexibility index (Phi) is 6.34. The summed E-state index contributed by atoms with van der Waals surface area (Å²) in [4.78, 5) is 26.5. The van der Waals surface area contributed by atoms with Crippen molar-refractivity contribution in [2.45, 2.75) is 25.3 Å². The van der Waals surface area contributed by atoms with E-state index in [1.165, 1.54) is 12.1 Å². The van der Waals surface area contributed by atoms with Gasteiger partial charge in [-0.1, -0.05) is 35.3 Å². The molecule has 1 heterocycles. The molecule has 0 radical (unpaired) electrons. The molecule has 0 saturated carbocycles. The van der Waals surface area contributed by atoms with Crippen LogP contribution < -0.4 is 5.32 Å². The third kappa shape index (κ3) is 5.21. The average molecular weight is 409 g/mol. The summed E-state index contributed by atoms with van der Waals surface area (Å²) in [6.07, 6.45) is 1.58. The van der Waals surface area contributed by atoms with Gasteiger partial charge in [-0.05, 0) is 48.7 Å². The lowest BCUT2D eigenvalue weighted by molar-refractivity contribution is -0.121. The molecule has 27 heavy (non-hydrogen) atoms. The molecule has 142 valence electrons. The summed E-state index contributed by atoms with van der Waals surface area (Å²) >= 11 is 11.9. The van der Waals surface area contributed by atoms with Gasteiger partial charge in [-0.25, -0.2) is 4.39 Å². The third-order valence-electron chi connectivity index (χ3n) is 4.59. The molecule has 0 bridgehead atoms. The van der Waals surface area contributed by atoms with Gasteiger partial charge in [0.2, 0.25) is 5.91 Å². The van der Waals surface area contributed by atoms with Crippen LogP contribution in [0, 0.1) is 5.82 Å². The van der Waals surface area contributed by atoms with E-state index in [1.54, 1.807) is 35.2 Å². The minimum Gasteiger partial charge on any atom is -0.353 e. The van der Waals surface area contributed by atoms with Gasteiger partial charge in [0.15, 0.2) is 0 Å². The number of likely N-dealkylation sites (tertiary alicyclic amines) is 1. The Morgan fingerprint density at radius 3 is 2.33 bits per heavy atom. The number of carbonyl (C=O) groups is 2. The second kappa shape index (κ2) is 8.72. The van der Waals surface area contributed by atoms with Crippen LogP contribution in [-0.2, 0) is 11.2 Å². The van der Waals surface area contributed by atoms with Crippen molar-refractivity contribution in [1.29, 1.82) is 0 Å². The summed E-state index contributed by atoms with van der Waals surface area (Å²) in [5.74, 6) is -0.515. The largest absolute Gasteiger partial charge is 0.353 e. The van der Waals surface area contributed by atoms with E-state index in [4.69, 9.17) is 23.2 Å². The molecule has 0 unspecified atom stereocenters. The number of benzene rings is 2. The minimum absolute atomic E-state index is 0.0239. The highest BCUT2D eigenvalue weighted by Gasteiger charge is 2.25. The molecule has 1 N–H and O–H groups in total. The van der Waals surface area contributed by atoms with Crippen molar-refractivity contribution in [2.24, 2.45) is 0 Å². The maximum Gasteiger partial charge on any atom is 0.253 e. The number of hydrogen-bond acceptors (Lipinski definition) is 2. The summed E-state index contributed by atoms with van der Waals surface area (Å²) in [5, 5.41) is 3.75. The molecule has 2 amide bonds. The van der Waals surface area contributed by atoms with Crippen molar-refractivity contribution < 1.29 is 14.0 Å². The Bertz CT molecular complexity index is 834. The van der Waals surface area contributed by atoms with E-state index in [-0.39, 0.29) is 30.1 Å². The zero-order chi connectivity index (χ0) is 19.4. The summed E-state index contributed by atoms with van der Waals surface area (Å²) in [7, 11) is 0. The molecule has 1 saturated heterocycles. The minimum atomic E-state index is -0.321. The van der Waals surface area contributed by atoms with Crippen LogP contribution in [0.15, 0.2) is 42.5 Å². The fourth-order valence-electron chi connectivity index (χ4n) is 3.11. The molecule has 0 aliphatic carbocycles. The van der Waals surface area contributed by atoms with Crippen LogP contribution in [0.3, 0.4) is 0 Å². The van der Waals surface area contributed by atoms with Crippen LogP contribution >= 0.6 is 23.2 Å². The van der Waals surface area contributed by atoms with Gasteiger partial charge in [-0.2, -0.15) is 0 Å². The van der Waals surface area contributed by atoms with E-state index in [0.717, 1.165) is 5.56 Å². The van der Waals surface area contributed by atoms with Gasteiger partial charge in [-0.15, -0.1) is 0 Å². The molecular formula is C20H19Cl2FN2O2. The molecule has 3 rings (SSSR count). The molecule has 2 aromatic carbocycles. The first-order valence-corrected chi connectivity index (χ1v) is 9.46. The summed E-state index contributed by atoms with van der Waals surface area (Å²) in [6, 6.07) is 10.8. The van der Waals surface area contributed by atoms with Crippen molar-refractivity contribution in [2.75, 3.05) is 13.1 Å². The highest BCUT2D eigenvalue weighted by molar-refractivity contribution is 6.42. The van der Waals surface area contributed by atoms with Gasteiger partial charge in [-0.3, -0.25) is 9.59 Å². The number of nitrogens with one attached hydrogen (secondary N) is 1. The smallest absolute Gasteiger partial charge is 0.253 e. The summed E-state index contributed by atoms with van der Waals surface area (Å²) in [5.41, 5.74) is 1.27. The molecule has 1 aliphatic heterocycles. The molecule has 4 nitrogen and oxygen atoms in total. The van der Waals surface area contributed by atoms with Crippen LogP contribution in [0.2, 0.25) is 10.0 Å². The van der Waals surface area contributed by atoms with Crippen LogP contribution in [0.25, 0.3) is 0 Å². The molecule has 0 aromatic heterocycles. The van der Waals surface area contributed by atoms with Gasteiger partial charge in [0.25, 0.3) is 5.91 Å². The lowest BCUT2D eigenvalue weighted by Crippen LogP contribution is -2.46. The first-order valence-electron chi connectivity index (χ1n) is 8.70. The van der Waals surface area contributed by atoms with Crippen molar-refractivity contribution in [3.8, 4) is 0 Å². The molecule has 2 aromatic rings. The van der Waals surface area contributed by atoms with Gasteiger partial charge >= 0.3 is 0 Å². The van der Waals surface area contributed by atoms with E-state index in [2.05, 4.69) is 5.32 Å². The molecule has 7 heteroatoms. The maximum atomic E-state index is 12.9. The summed E-state index contributed by atoms with van der Waals surface area (Å²) in [6.45, 7) is 1.11. The second-order valence-corrected chi connectivity index (χ2v) is 7.38. The topological polar surface area (TPSA) is 49.4 Å². The molecular weight excluding hydrogens is 390 g/mol. The standard InChI is InChI=1S/C20H19Cl2FN2O2/c21-17-6-3-14(12-18(17)22)20(27)25-9-7-16(8-10-25)24-19(26)11-13-1-4-15(23)5-2-13/h1-6,12,16H,7-11H2,(H,24,26). The van der Waals surface area contributed by atoms with Crippen LogP contribution in [0.1, 0.15) is 28.8 Å². The van der Waals surface area contributed by atoms with Crippen molar-refractivity contribution in [3.63, 3.8) is 0 Å². The van der Waals surface area contributed by atoms with E-state index in [9.17, 15) is 14.0 Å². The zero-order valence-corrected chi connectivity index (χ0v) is 16.1. The van der Waals surface area contributed by atoms with Crippen molar-refractivity contribution in [1.82, 2.24) is 10.2 Å². The summed E-state index contributed by atoms with van der Waals surface area (Å²) < 4.78 is 12.9. The highest BCUT2D eigenvalue weighted by atomic mass is 35.5. The van der Waals surface area contributed by atoms with Crippen LogP contribution in [0.5, 0.6) is 0 Å². The van der Waals surface area contributed by atoms with E-state index in [0.29, 0.717) is 41.5 Å². The second-order valence-electron chi connectivity index (χ2n) is 6.57. The lowest BCUT2D eigenvalue weighted by Gasteiger charge is -2.32. The predicted octanol–water partition coefficient (Wildman–Crippen LogP) is 4.10. The van der Waals surface area contributed by atoms with Gasteiger partial charge < -0.3 is 10.2 Å².